The van der Waals surface area contributed by atoms with Gasteiger partial charge in [0.05, 0.1) is 5.69 Å². The van der Waals surface area contributed by atoms with E-state index in [4.69, 9.17) is 17.3 Å². The van der Waals surface area contributed by atoms with Crippen LogP contribution in [0.3, 0.4) is 0 Å². The number of aromatic nitrogens is 4. The monoisotopic (exact) mass is 237 g/mol. The van der Waals surface area contributed by atoms with E-state index in [0.717, 1.165) is 11.5 Å². The first-order chi connectivity index (χ1) is 7.66. The van der Waals surface area contributed by atoms with Gasteiger partial charge < -0.3 is 5.73 Å². The minimum atomic E-state index is 0.0175. The summed E-state index contributed by atoms with van der Waals surface area (Å²) in [5, 5.41) is 12.2. The van der Waals surface area contributed by atoms with Gasteiger partial charge in [0.2, 0.25) is 0 Å². The van der Waals surface area contributed by atoms with Crippen molar-refractivity contribution in [2.45, 2.75) is 19.4 Å². The maximum Gasteiger partial charge on any atom is 0.158 e. The molecule has 0 fully saturated rings. The predicted molar refractivity (Wildman–Crippen MR) is 61.5 cm³/mol. The largest absolute Gasteiger partial charge is 0.328 e. The maximum absolute atomic E-state index is 5.91. The summed E-state index contributed by atoms with van der Waals surface area (Å²) in [6.07, 6.45) is 0.625. The van der Waals surface area contributed by atoms with Crippen molar-refractivity contribution in [3.05, 3.63) is 35.1 Å². The van der Waals surface area contributed by atoms with Gasteiger partial charge >= 0.3 is 0 Å². The summed E-state index contributed by atoms with van der Waals surface area (Å²) < 4.78 is 1.65. The molecule has 1 aromatic heterocycles. The van der Waals surface area contributed by atoms with Crippen LogP contribution in [0.2, 0.25) is 5.02 Å². The fraction of sp³-hybridized carbons (Fsp3) is 0.300. The van der Waals surface area contributed by atoms with Gasteiger partial charge in [-0.3, -0.25) is 0 Å². The van der Waals surface area contributed by atoms with Crippen LogP contribution in [-0.4, -0.2) is 26.2 Å². The van der Waals surface area contributed by atoms with Gasteiger partial charge in [0.1, 0.15) is 0 Å². The smallest absolute Gasteiger partial charge is 0.158 e. The molecule has 0 aliphatic heterocycles. The van der Waals surface area contributed by atoms with Crippen molar-refractivity contribution in [1.82, 2.24) is 20.2 Å². The minimum Gasteiger partial charge on any atom is -0.328 e. The molecule has 0 bridgehead atoms. The van der Waals surface area contributed by atoms with Crippen LogP contribution < -0.4 is 5.73 Å². The van der Waals surface area contributed by atoms with Crippen molar-refractivity contribution in [1.29, 1.82) is 0 Å². The topological polar surface area (TPSA) is 69.6 Å². The number of hydrogen-bond donors (Lipinski definition) is 1. The minimum absolute atomic E-state index is 0.0175. The number of halogens is 1. The van der Waals surface area contributed by atoms with Gasteiger partial charge in [-0.1, -0.05) is 17.7 Å². The van der Waals surface area contributed by atoms with Crippen LogP contribution in [0.15, 0.2) is 24.3 Å². The summed E-state index contributed by atoms with van der Waals surface area (Å²) in [6.45, 7) is 1.91. The molecule has 0 amide bonds. The maximum atomic E-state index is 5.91. The highest BCUT2D eigenvalue weighted by Gasteiger charge is 2.10. The third-order valence-electron chi connectivity index (χ3n) is 2.09. The highest BCUT2D eigenvalue weighted by Crippen LogP contribution is 2.14. The Morgan fingerprint density at radius 2 is 2.31 bits per heavy atom. The summed E-state index contributed by atoms with van der Waals surface area (Å²) in [5.41, 5.74) is 6.57. The molecule has 2 rings (SSSR count). The summed E-state index contributed by atoms with van der Waals surface area (Å²) in [4.78, 5) is 0. The van der Waals surface area contributed by atoms with E-state index in [-0.39, 0.29) is 6.04 Å². The summed E-state index contributed by atoms with van der Waals surface area (Å²) in [7, 11) is 0. The SMILES string of the molecule is CC(N)Cc1nnnn1-c1cccc(Cl)c1. The Bertz CT molecular complexity index is 480. The molecule has 5 nitrogen and oxygen atoms in total. The standard InChI is InChI=1S/C10H12ClN5/c1-7(12)5-10-13-14-15-16(10)9-4-2-3-8(11)6-9/h2-4,6-7H,5,12H2,1H3. The average molecular weight is 238 g/mol. The average Bonchev–Trinajstić information content (AvgIpc) is 2.65. The molecule has 0 aliphatic rings. The Balaban J connectivity index is 2.37. The molecule has 0 spiro atoms. The van der Waals surface area contributed by atoms with Crippen LogP contribution >= 0.6 is 11.6 Å². The van der Waals surface area contributed by atoms with Gasteiger partial charge in [-0.15, -0.1) is 5.10 Å². The second-order valence-corrected chi connectivity index (χ2v) is 4.10. The number of rotatable bonds is 3. The van der Waals surface area contributed by atoms with E-state index in [9.17, 15) is 0 Å². The zero-order valence-corrected chi connectivity index (χ0v) is 9.59. The fourth-order valence-corrected chi connectivity index (χ4v) is 1.61. The molecular weight excluding hydrogens is 226 g/mol. The predicted octanol–water partition coefficient (Wildman–Crippen LogP) is 1.21. The number of tetrazole rings is 1. The van der Waals surface area contributed by atoms with Crippen molar-refractivity contribution >= 4 is 11.6 Å². The Hall–Kier alpha value is -1.46. The van der Waals surface area contributed by atoms with E-state index < -0.39 is 0 Å². The van der Waals surface area contributed by atoms with Gasteiger partial charge in [-0.2, -0.15) is 4.68 Å². The quantitative estimate of drug-likeness (QED) is 0.871. The summed E-state index contributed by atoms with van der Waals surface area (Å²) in [5.74, 6) is 0.734. The summed E-state index contributed by atoms with van der Waals surface area (Å²) >= 11 is 5.91. The lowest BCUT2D eigenvalue weighted by Gasteiger charge is -2.06. The third kappa shape index (κ3) is 2.37. The van der Waals surface area contributed by atoms with Crippen LogP contribution in [0.5, 0.6) is 0 Å². The second kappa shape index (κ2) is 4.59. The van der Waals surface area contributed by atoms with Gasteiger partial charge in [-0.05, 0) is 35.5 Å². The van der Waals surface area contributed by atoms with Gasteiger partial charge in [0.15, 0.2) is 5.82 Å². The molecule has 1 aromatic carbocycles. The first-order valence-corrected chi connectivity index (χ1v) is 5.33. The lowest BCUT2D eigenvalue weighted by Crippen LogP contribution is -2.20. The van der Waals surface area contributed by atoms with Gasteiger partial charge in [-0.25, -0.2) is 0 Å². The van der Waals surface area contributed by atoms with Crippen LogP contribution in [0.1, 0.15) is 12.7 Å². The number of hydrogen-bond acceptors (Lipinski definition) is 4. The molecule has 1 atom stereocenters. The first kappa shape index (κ1) is 11.0. The van der Waals surface area contributed by atoms with E-state index in [1.54, 1.807) is 10.7 Å². The molecule has 0 saturated heterocycles. The first-order valence-electron chi connectivity index (χ1n) is 4.95. The van der Waals surface area contributed by atoms with Crippen LogP contribution in [0.4, 0.5) is 0 Å². The molecule has 0 radical (unpaired) electrons. The molecule has 2 N–H and O–H groups in total. The lowest BCUT2D eigenvalue weighted by atomic mass is 10.2. The van der Waals surface area contributed by atoms with Crippen molar-refractivity contribution in [3.63, 3.8) is 0 Å². The van der Waals surface area contributed by atoms with Crippen molar-refractivity contribution in [3.8, 4) is 5.69 Å². The van der Waals surface area contributed by atoms with Crippen molar-refractivity contribution in [2.24, 2.45) is 5.73 Å². The zero-order valence-electron chi connectivity index (χ0n) is 8.84. The molecule has 1 heterocycles. The Labute approximate surface area is 98.2 Å². The third-order valence-corrected chi connectivity index (χ3v) is 2.33. The number of benzene rings is 1. The van der Waals surface area contributed by atoms with Gasteiger partial charge in [0.25, 0.3) is 0 Å². The molecule has 1 unspecified atom stereocenters. The molecule has 0 aliphatic carbocycles. The van der Waals surface area contributed by atoms with E-state index in [1.165, 1.54) is 0 Å². The van der Waals surface area contributed by atoms with E-state index in [1.807, 2.05) is 25.1 Å². The highest BCUT2D eigenvalue weighted by molar-refractivity contribution is 6.30. The Morgan fingerprint density at radius 1 is 1.50 bits per heavy atom. The normalized spacial score (nSPS) is 12.7. The van der Waals surface area contributed by atoms with Crippen LogP contribution in [0.25, 0.3) is 5.69 Å². The van der Waals surface area contributed by atoms with Crippen molar-refractivity contribution in [2.75, 3.05) is 0 Å². The molecular formula is C10H12ClN5. The molecule has 2 aromatic rings. The van der Waals surface area contributed by atoms with Crippen molar-refractivity contribution < 1.29 is 0 Å². The highest BCUT2D eigenvalue weighted by atomic mass is 35.5. The molecule has 84 valence electrons. The number of nitrogens with zero attached hydrogens (tertiary/aromatic N) is 4. The number of nitrogens with two attached hydrogens (primary N) is 1. The van der Waals surface area contributed by atoms with E-state index >= 15 is 0 Å². The fourth-order valence-electron chi connectivity index (χ4n) is 1.43. The van der Waals surface area contributed by atoms with E-state index in [2.05, 4.69) is 15.5 Å². The lowest BCUT2D eigenvalue weighted by molar-refractivity contribution is 0.674. The summed E-state index contributed by atoms with van der Waals surface area (Å²) in [6, 6.07) is 7.38. The zero-order chi connectivity index (χ0) is 11.5. The molecule has 0 saturated carbocycles. The molecule has 16 heavy (non-hydrogen) atoms. The Morgan fingerprint density at radius 3 is 3.00 bits per heavy atom. The van der Waals surface area contributed by atoms with Crippen LogP contribution in [0, 0.1) is 0 Å². The second-order valence-electron chi connectivity index (χ2n) is 3.67. The van der Waals surface area contributed by atoms with Crippen LogP contribution in [-0.2, 0) is 6.42 Å². The Kier molecular flexibility index (Phi) is 3.17. The van der Waals surface area contributed by atoms with Gasteiger partial charge in [0, 0.05) is 17.5 Å². The molecule has 6 heteroatoms. The van der Waals surface area contributed by atoms with E-state index in [0.29, 0.717) is 11.4 Å².